The second-order valence-electron chi connectivity index (χ2n) is 1.52. The Morgan fingerprint density at radius 3 is 1.00 bits per heavy atom. The molecule has 0 aromatic rings. The fourth-order valence-corrected chi connectivity index (χ4v) is 0. The number of rotatable bonds is 1. The molecule has 0 aromatic carbocycles. The third-order valence-corrected chi connectivity index (χ3v) is 0.123. The molecule has 0 aromatic heterocycles. The van der Waals surface area contributed by atoms with Crippen LogP contribution in [0.15, 0.2) is 0 Å². The first-order chi connectivity index (χ1) is 5.73. The van der Waals surface area contributed by atoms with E-state index in [-0.39, 0.29) is 59.1 Å². The van der Waals surface area contributed by atoms with E-state index in [4.69, 9.17) is 35.1 Å². The van der Waals surface area contributed by atoms with Crippen LogP contribution in [0.2, 0.25) is 0 Å². The van der Waals surface area contributed by atoms with Crippen LogP contribution in [0.4, 0.5) is 0 Å². The van der Waals surface area contributed by atoms with Crippen LogP contribution in [-0.2, 0) is 14.4 Å². The summed E-state index contributed by atoms with van der Waals surface area (Å²) < 4.78 is 0. The van der Waals surface area contributed by atoms with Gasteiger partial charge in [0.1, 0.15) is 6.21 Å². The van der Waals surface area contributed by atoms with E-state index in [1.807, 2.05) is 0 Å². The minimum absolute atomic E-state index is 0. The fourth-order valence-electron chi connectivity index (χ4n) is 0. The zero-order valence-corrected chi connectivity index (χ0v) is 7.14. The Morgan fingerprint density at radius 2 is 1.00 bits per heavy atom. The van der Waals surface area contributed by atoms with Gasteiger partial charge in [-0.25, -0.2) is 4.79 Å². The molecule has 0 atom stereocenters. The van der Waals surface area contributed by atoms with Crippen LogP contribution in [0, 0.1) is 5.41 Å². The maximum absolute atomic E-state index is 9.12. The molecule has 15 heavy (non-hydrogen) atoms. The van der Waals surface area contributed by atoms with E-state index in [0.717, 1.165) is 13.8 Å². The van der Waals surface area contributed by atoms with Crippen LogP contribution in [0.3, 0.4) is 0 Å². The van der Waals surface area contributed by atoms with Crippen molar-refractivity contribution in [1.82, 2.24) is 0 Å². The average Bonchev–Trinajstić information content (AvgIpc) is 1.84. The molecule has 4 N–H and O–H groups in total. The molecule has 0 saturated carbocycles. The molecule has 0 aliphatic heterocycles. The Labute approximate surface area is 131 Å². The minimum atomic E-state index is -1.20. The first kappa shape index (κ1) is 29.4. The van der Waals surface area contributed by atoms with Gasteiger partial charge in [0.05, 0.1) is 0 Å². The van der Waals surface area contributed by atoms with Crippen LogP contribution < -0.4 is 0 Å². The van der Waals surface area contributed by atoms with Gasteiger partial charge in [-0.1, -0.05) is 0 Å². The van der Waals surface area contributed by atoms with E-state index >= 15 is 0 Å². The normalized spacial score (nSPS) is 5.47. The van der Waals surface area contributed by atoms with Crippen molar-refractivity contribution in [1.29, 1.82) is 5.41 Å². The standard InChI is InChI=1S/C2H3NO2.2C2H4O2.2Na.2H/c3-1-2(4)5;2*1-2(3)4;;;;/h1,3H,(H,4,5);2*1H3,(H,3,4);;;;. The van der Waals surface area contributed by atoms with Gasteiger partial charge in [0, 0.05) is 13.8 Å². The van der Waals surface area contributed by atoms with Crippen molar-refractivity contribution in [3.05, 3.63) is 0 Å². The molecule has 0 rings (SSSR count). The van der Waals surface area contributed by atoms with Gasteiger partial charge >= 0.3 is 65.1 Å². The zero-order valence-electron chi connectivity index (χ0n) is 7.14. The summed E-state index contributed by atoms with van der Waals surface area (Å²) in [7, 11) is 0. The second kappa shape index (κ2) is 23.7. The fraction of sp³-hybridized carbons (Fsp3) is 0.333. The molecule has 0 amide bonds. The first-order valence-corrected chi connectivity index (χ1v) is 2.86. The number of carboxylic acids is 3. The summed E-state index contributed by atoms with van der Waals surface area (Å²) >= 11 is 0. The number of carboxylic acid groups (broad SMARTS) is 3. The van der Waals surface area contributed by atoms with Crippen molar-refractivity contribution in [2.75, 3.05) is 0 Å². The predicted molar refractivity (Wildman–Crippen MR) is 57.3 cm³/mol. The molecule has 0 aliphatic carbocycles. The average molecular weight is 241 g/mol. The third kappa shape index (κ3) is 475. The van der Waals surface area contributed by atoms with Crippen molar-refractivity contribution in [3.8, 4) is 0 Å². The molecule has 0 heterocycles. The number of nitrogens with one attached hydrogen (secondary N) is 1. The molecule has 0 radical (unpaired) electrons. The van der Waals surface area contributed by atoms with Crippen LogP contribution in [-0.4, -0.2) is 98.6 Å². The summed E-state index contributed by atoms with van der Waals surface area (Å²) in [6.07, 6.45) is 0.333. The summed E-state index contributed by atoms with van der Waals surface area (Å²) in [5.41, 5.74) is 0. The van der Waals surface area contributed by atoms with Gasteiger partial charge in [-0.15, -0.1) is 0 Å². The van der Waals surface area contributed by atoms with Crippen molar-refractivity contribution < 1.29 is 29.7 Å². The van der Waals surface area contributed by atoms with Crippen LogP contribution in [0.5, 0.6) is 0 Å². The maximum atomic E-state index is 9.12. The van der Waals surface area contributed by atoms with Crippen molar-refractivity contribution in [2.24, 2.45) is 0 Å². The molecule has 9 heteroatoms. The van der Waals surface area contributed by atoms with E-state index in [1.165, 1.54) is 0 Å². The zero-order chi connectivity index (χ0) is 11.4. The summed E-state index contributed by atoms with van der Waals surface area (Å²) in [5.74, 6) is -2.87. The Morgan fingerprint density at radius 1 is 0.933 bits per heavy atom. The van der Waals surface area contributed by atoms with E-state index < -0.39 is 17.9 Å². The Bertz CT molecular complexity index is 176. The van der Waals surface area contributed by atoms with Crippen LogP contribution >= 0.6 is 0 Å². The molecular formula is C6H13NNa2O6. The Kier molecular flexibility index (Phi) is 46.5. The molecule has 0 saturated heterocycles. The predicted octanol–water partition coefficient (Wildman–Crippen LogP) is -1.39. The molecule has 7 nitrogen and oxygen atoms in total. The number of hydrogen-bond acceptors (Lipinski definition) is 4. The van der Waals surface area contributed by atoms with Gasteiger partial charge < -0.3 is 20.7 Å². The summed E-state index contributed by atoms with van der Waals surface area (Å²) in [4.78, 5) is 27.1. The first-order valence-electron chi connectivity index (χ1n) is 2.86. The quantitative estimate of drug-likeness (QED) is 0.329. The number of carbonyl (C=O) groups is 3. The third-order valence-electron chi connectivity index (χ3n) is 0.123. The molecular weight excluding hydrogens is 228 g/mol. The summed E-state index contributed by atoms with van der Waals surface area (Å²) in [6.45, 7) is 2.17. The second-order valence-corrected chi connectivity index (χ2v) is 1.52. The van der Waals surface area contributed by atoms with E-state index in [2.05, 4.69) is 0 Å². The SMILES string of the molecule is CC(=O)O.CC(=O)O.N=CC(=O)O.[NaH].[NaH]. The van der Waals surface area contributed by atoms with E-state index in [0.29, 0.717) is 6.21 Å². The van der Waals surface area contributed by atoms with Crippen LogP contribution in [0.1, 0.15) is 13.8 Å². The van der Waals surface area contributed by atoms with Crippen molar-refractivity contribution >= 4 is 83.2 Å². The number of aliphatic carboxylic acids is 3. The topological polar surface area (TPSA) is 136 Å². The Hall–Kier alpha value is 0.0800. The van der Waals surface area contributed by atoms with Crippen molar-refractivity contribution in [3.63, 3.8) is 0 Å². The van der Waals surface area contributed by atoms with E-state index in [9.17, 15) is 0 Å². The number of hydrogen-bond donors (Lipinski definition) is 4. The molecule has 0 fully saturated rings. The van der Waals surface area contributed by atoms with Gasteiger partial charge in [0.2, 0.25) is 0 Å². The van der Waals surface area contributed by atoms with Gasteiger partial charge in [-0.3, -0.25) is 9.59 Å². The summed E-state index contributed by atoms with van der Waals surface area (Å²) in [6, 6.07) is 0. The molecule has 0 bridgehead atoms. The molecule has 0 unspecified atom stereocenters. The molecule has 0 aliphatic rings. The van der Waals surface area contributed by atoms with Gasteiger partial charge in [-0.05, 0) is 0 Å². The van der Waals surface area contributed by atoms with Crippen molar-refractivity contribution in [2.45, 2.75) is 13.8 Å². The Balaban J connectivity index is -0.0000000315. The van der Waals surface area contributed by atoms with Gasteiger partial charge in [0.15, 0.2) is 0 Å². The van der Waals surface area contributed by atoms with E-state index in [1.54, 1.807) is 0 Å². The summed E-state index contributed by atoms with van der Waals surface area (Å²) in [5, 5.41) is 28.2. The van der Waals surface area contributed by atoms with Crippen LogP contribution in [0.25, 0.3) is 0 Å². The van der Waals surface area contributed by atoms with Gasteiger partial charge in [-0.2, -0.15) is 0 Å². The van der Waals surface area contributed by atoms with Gasteiger partial charge in [0.25, 0.3) is 11.9 Å². The molecule has 0 spiro atoms. The molecule has 80 valence electrons. The monoisotopic (exact) mass is 241 g/mol.